The first-order chi connectivity index (χ1) is 14.0. The molecule has 148 valence electrons. The van der Waals surface area contributed by atoms with Gasteiger partial charge < -0.3 is 9.64 Å². The molecule has 1 fully saturated rings. The summed E-state index contributed by atoms with van der Waals surface area (Å²) in [5.41, 5.74) is 6.94. The summed E-state index contributed by atoms with van der Waals surface area (Å²) < 4.78 is 5.29. The fraction of sp³-hybridized carbons (Fsp3) is 0.238. The average molecular weight is 392 g/mol. The van der Waals surface area contributed by atoms with Crippen molar-refractivity contribution >= 4 is 23.4 Å². The number of hydrogen-bond acceptors (Lipinski definition) is 5. The Bertz CT molecular complexity index is 948. The SMILES string of the molecule is Cc1ccc(N2C[C@@H](C(=O)NNC(=O)COc3ccc(C#N)cc3)CC2=O)cc1. The average Bonchev–Trinajstić information content (AvgIpc) is 3.13. The molecule has 8 nitrogen and oxygen atoms in total. The molecule has 1 saturated heterocycles. The lowest BCUT2D eigenvalue weighted by atomic mass is 10.1. The van der Waals surface area contributed by atoms with E-state index < -0.39 is 17.7 Å². The van der Waals surface area contributed by atoms with Gasteiger partial charge >= 0.3 is 0 Å². The van der Waals surface area contributed by atoms with E-state index in [2.05, 4.69) is 10.9 Å². The van der Waals surface area contributed by atoms with Gasteiger partial charge in [-0.15, -0.1) is 0 Å². The Morgan fingerprint density at radius 1 is 1.14 bits per heavy atom. The van der Waals surface area contributed by atoms with Crippen LogP contribution in [0.1, 0.15) is 17.5 Å². The van der Waals surface area contributed by atoms with Crippen LogP contribution < -0.4 is 20.5 Å². The van der Waals surface area contributed by atoms with E-state index in [0.29, 0.717) is 11.3 Å². The minimum atomic E-state index is -0.552. The zero-order valence-electron chi connectivity index (χ0n) is 15.8. The number of nitriles is 1. The molecule has 0 radical (unpaired) electrons. The number of carbonyl (C=O) groups is 3. The topological polar surface area (TPSA) is 112 Å². The van der Waals surface area contributed by atoms with E-state index in [-0.39, 0.29) is 25.5 Å². The van der Waals surface area contributed by atoms with Crippen LogP contribution in [0.3, 0.4) is 0 Å². The number of anilines is 1. The number of amides is 3. The van der Waals surface area contributed by atoms with Gasteiger partial charge in [-0.3, -0.25) is 25.2 Å². The fourth-order valence-corrected chi connectivity index (χ4v) is 2.90. The van der Waals surface area contributed by atoms with Crippen molar-refractivity contribution in [3.8, 4) is 11.8 Å². The van der Waals surface area contributed by atoms with Gasteiger partial charge in [0.1, 0.15) is 5.75 Å². The highest BCUT2D eigenvalue weighted by Crippen LogP contribution is 2.25. The molecule has 0 bridgehead atoms. The Morgan fingerprint density at radius 2 is 1.83 bits per heavy atom. The third-order valence-electron chi connectivity index (χ3n) is 4.52. The monoisotopic (exact) mass is 392 g/mol. The summed E-state index contributed by atoms with van der Waals surface area (Å²) in [7, 11) is 0. The number of hydrogen-bond donors (Lipinski definition) is 2. The van der Waals surface area contributed by atoms with Gasteiger partial charge in [0.2, 0.25) is 11.8 Å². The third-order valence-corrected chi connectivity index (χ3v) is 4.52. The number of nitrogens with one attached hydrogen (secondary N) is 2. The van der Waals surface area contributed by atoms with Crippen molar-refractivity contribution < 1.29 is 19.1 Å². The van der Waals surface area contributed by atoms with Gasteiger partial charge in [-0.1, -0.05) is 17.7 Å². The highest BCUT2D eigenvalue weighted by Gasteiger charge is 2.35. The van der Waals surface area contributed by atoms with Crippen LogP contribution in [0.25, 0.3) is 0 Å². The number of aryl methyl sites for hydroxylation is 1. The van der Waals surface area contributed by atoms with Gasteiger partial charge in [0.15, 0.2) is 6.61 Å². The van der Waals surface area contributed by atoms with Gasteiger partial charge in [0.25, 0.3) is 5.91 Å². The molecule has 8 heteroatoms. The normalized spacial score (nSPS) is 15.5. The molecular weight excluding hydrogens is 372 g/mol. The van der Waals surface area contributed by atoms with Crippen molar-refractivity contribution in [2.75, 3.05) is 18.1 Å². The van der Waals surface area contributed by atoms with Gasteiger partial charge in [0, 0.05) is 18.7 Å². The second kappa shape index (κ2) is 8.89. The van der Waals surface area contributed by atoms with Crippen LogP contribution >= 0.6 is 0 Å². The maximum absolute atomic E-state index is 12.3. The van der Waals surface area contributed by atoms with E-state index in [4.69, 9.17) is 10.00 Å². The lowest BCUT2D eigenvalue weighted by Gasteiger charge is -2.17. The number of hydrazine groups is 1. The lowest BCUT2D eigenvalue weighted by molar-refractivity contribution is -0.132. The number of nitrogens with zero attached hydrogens (tertiary/aromatic N) is 2. The Hall–Kier alpha value is -3.86. The summed E-state index contributed by atoms with van der Waals surface area (Å²) in [6.07, 6.45) is 0.0807. The number of ether oxygens (including phenoxy) is 1. The van der Waals surface area contributed by atoms with Crippen LogP contribution in [-0.2, 0) is 14.4 Å². The fourth-order valence-electron chi connectivity index (χ4n) is 2.90. The highest BCUT2D eigenvalue weighted by atomic mass is 16.5. The van der Waals surface area contributed by atoms with Crippen LogP contribution in [0.4, 0.5) is 5.69 Å². The number of carbonyl (C=O) groups excluding carboxylic acids is 3. The van der Waals surface area contributed by atoms with Gasteiger partial charge in [0.05, 0.1) is 17.6 Å². The molecule has 3 amide bonds. The van der Waals surface area contributed by atoms with Crippen LogP contribution in [-0.4, -0.2) is 30.9 Å². The van der Waals surface area contributed by atoms with Gasteiger partial charge in [-0.2, -0.15) is 5.26 Å². The van der Waals surface area contributed by atoms with Crippen molar-refractivity contribution in [1.29, 1.82) is 5.26 Å². The van der Waals surface area contributed by atoms with Crippen LogP contribution in [0.5, 0.6) is 5.75 Å². The van der Waals surface area contributed by atoms with Crippen molar-refractivity contribution in [1.82, 2.24) is 10.9 Å². The Labute approximate surface area is 168 Å². The Kier molecular flexibility index (Phi) is 6.09. The molecular formula is C21H20N4O4. The quantitative estimate of drug-likeness (QED) is 0.748. The molecule has 2 aromatic carbocycles. The number of rotatable bonds is 5. The zero-order chi connectivity index (χ0) is 20.8. The maximum Gasteiger partial charge on any atom is 0.276 e. The summed E-state index contributed by atoms with van der Waals surface area (Å²) in [5.74, 6) is -1.23. The highest BCUT2D eigenvalue weighted by molar-refractivity contribution is 6.00. The maximum atomic E-state index is 12.3. The van der Waals surface area contributed by atoms with E-state index in [1.165, 1.54) is 0 Å². The molecule has 2 N–H and O–H groups in total. The smallest absolute Gasteiger partial charge is 0.276 e. The predicted octanol–water partition coefficient (Wildman–Crippen LogP) is 1.45. The third kappa shape index (κ3) is 5.11. The summed E-state index contributed by atoms with van der Waals surface area (Å²) >= 11 is 0. The van der Waals surface area contributed by atoms with Crippen molar-refractivity contribution in [3.05, 3.63) is 59.7 Å². The van der Waals surface area contributed by atoms with Crippen LogP contribution in [0.2, 0.25) is 0 Å². The summed E-state index contributed by atoms with van der Waals surface area (Å²) in [4.78, 5) is 38.0. The molecule has 1 aliphatic rings. The van der Waals surface area contributed by atoms with E-state index in [0.717, 1.165) is 11.3 Å². The summed E-state index contributed by atoms with van der Waals surface area (Å²) in [6, 6.07) is 15.8. The lowest BCUT2D eigenvalue weighted by Crippen LogP contribution is -2.46. The molecule has 0 saturated carbocycles. The summed E-state index contributed by atoms with van der Waals surface area (Å²) in [6.45, 7) is 1.91. The molecule has 1 atom stereocenters. The van der Waals surface area contributed by atoms with E-state index >= 15 is 0 Å². The first-order valence-corrected chi connectivity index (χ1v) is 9.05. The first kappa shape index (κ1) is 19.9. The first-order valence-electron chi connectivity index (χ1n) is 9.05. The molecule has 0 aliphatic carbocycles. The van der Waals surface area contributed by atoms with Crippen LogP contribution in [0, 0.1) is 24.2 Å². The molecule has 29 heavy (non-hydrogen) atoms. The molecule has 1 heterocycles. The van der Waals surface area contributed by atoms with E-state index in [1.807, 2.05) is 37.3 Å². The second-order valence-electron chi connectivity index (χ2n) is 6.70. The molecule has 0 unspecified atom stereocenters. The molecule has 0 spiro atoms. The van der Waals surface area contributed by atoms with E-state index in [9.17, 15) is 14.4 Å². The molecule has 2 aromatic rings. The van der Waals surface area contributed by atoms with Crippen LogP contribution in [0.15, 0.2) is 48.5 Å². The zero-order valence-corrected chi connectivity index (χ0v) is 15.8. The van der Waals surface area contributed by atoms with E-state index in [1.54, 1.807) is 29.2 Å². The minimum Gasteiger partial charge on any atom is -0.484 e. The Morgan fingerprint density at radius 3 is 2.48 bits per heavy atom. The van der Waals surface area contributed by atoms with Crippen molar-refractivity contribution in [3.63, 3.8) is 0 Å². The summed E-state index contributed by atoms with van der Waals surface area (Å²) in [5, 5.41) is 8.75. The van der Waals surface area contributed by atoms with Gasteiger partial charge in [-0.05, 0) is 43.3 Å². The van der Waals surface area contributed by atoms with Crippen molar-refractivity contribution in [2.24, 2.45) is 5.92 Å². The molecule has 3 rings (SSSR count). The molecule has 0 aromatic heterocycles. The van der Waals surface area contributed by atoms with Crippen molar-refractivity contribution in [2.45, 2.75) is 13.3 Å². The second-order valence-corrected chi connectivity index (χ2v) is 6.70. The van der Waals surface area contributed by atoms with Gasteiger partial charge in [-0.25, -0.2) is 0 Å². The Balaban J connectivity index is 1.45. The minimum absolute atomic E-state index is 0.0807. The number of benzene rings is 2. The standard InChI is InChI=1S/C21H20N4O4/c1-14-2-6-17(7-3-14)25-12-16(10-20(25)27)21(28)24-23-19(26)13-29-18-8-4-15(11-22)5-9-18/h2-9,16H,10,12-13H2,1H3,(H,23,26)(H,24,28)/t16-/m0/s1. The molecule has 1 aliphatic heterocycles. The largest absolute Gasteiger partial charge is 0.484 e. The predicted molar refractivity (Wildman–Crippen MR) is 105 cm³/mol.